The van der Waals surface area contributed by atoms with Crippen LogP contribution in [0.1, 0.15) is 35.4 Å². The molecule has 0 bridgehead atoms. The SMILES string of the molecule is CCCNC(=O)NC(=O)COC(=O)c1ccccc1SCc1nc(C)no1. The van der Waals surface area contributed by atoms with Gasteiger partial charge in [0, 0.05) is 11.4 Å². The van der Waals surface area contributed by atoms with Crippen molar-refractivity contribution >= 4 is 29.7 Å². The summed E-state index contributed by atoms with van der Waals surface area (Å²) >= 11 is 1.33. The first-order chi connectivity index (χ1) is 13.0. The number of aromatic nitrogens is 2. The normalized spacial score (nSPS) is 10.3. The van der Waals surface area contributed by atoms with Crippen molar-refractivity contribution in [3.63, 3.8) is 0 Å². The molecule has 10 heteroatoms. The monoisotopic (exact) mass is 392 g/mol. The molecule has 2 rings (SSSR count). The van der Waals surface area contributed by atoms with Crippen molar-refractivity contribution in [1.82, 2.24) is 20.8 Å². The van der Waals surface area contributed by atoms with Crippen molar-refractivity contribution in [2.24, 2.45) is 0 Å². The van der Waals surface area contributed by atoms with Crippen LogP contribution in [0.2, 0.25) is 0 Å². The molecule has 3 amide bonds. The van der Waals surface area contributed by atoms with E-state index in [0.29, 0.717) is 34.5 Å². The second-order valence-electron chi connectivity index (χ2n) is 5.40. The molecule has 2 N–H and O–H groups in total. The van der Waals surface area contributed by atoms with Gasteiger partial charge < -0.3 is 14.6 Å². The van der Waals surface area contributed by atoms with Crippen LogP contribution in [-0.2, 0) is 15.3 Å². The summed E-state index contributed by atoms with van der Waals surface area (Å²) in [5.41, 5.74) is 0.307. The van der Waals surface area contributed by atoms with E-state index in [9.17, 15) is 14.4 Å². The van der Waals surface area contributed by atoms with Crippen molar-refractivity contribution in [3.05, 3.63) is 41.5 Å². The fourth-order valence-electron chi connectivity index (χ4n) is 1.95. The number of hydrogen-bond donors (Lipinski definition) is 2. The lowest BCUT2D eigenvalue weighted by atomic mass is 10.2. The Balaban J connectivity index is 1.88. The number of amides is 3. The van der Waals surface area contributed by atoms with Crippen molar-refractivity contribution in [2.75, 3.05) is 13.2 Å². The lowest BCUT2D eigenvalue weighted by Crippen LogP contribution is -2.41. The summed E-state index contributed by atoms with van der Waals surface area (Å²) in [6.07, 6.45) is 0.744. The van der Waals surface area contributed by atoms with E-state index in [4.69, 9.17) is 9.26 Å². The molecule has 0 saturated carbocycles. The van der Waals surface area contributed by atoms with Crippen LogP contribution in [0.4, 0.5) is 4.79 Å². The Bertz CT molecular complexity index is 808. The minimum absolute atomic E-state index is 0.307. The quantitative estimate of drug-likeness (QED) is 0.517. The second-order valence-corrected chi connectivity index (χ2v) is 6.42. The molecule has 0 aliphatic carbocycles. The van der Waals surface area contributed by atoms with Crippen molar-refractivity contribution in [1.29, 1.82) is 0 Å². The summed E-state index contributed by atoms with van der Waals surface area (Å²) in [7, 11) is 0. The molecule has 27 heavy (non-hydrogen) atoms. The molecule has 144 valence electrons. The van der Waals surface area contributed by atoms with Crippen LogP contribution in [0.25, 0.3) is 0 Å². The molecular formula is C17H20N4O5S. The van der Waals surface area contributed by atoms with Gasteiger partial charge >= 0.3 is 12.0 Å². The van der Waals surface area contributed by atoms with E-state index >= 15 is 0 Å². The number of benzene rings is 1. The molecule has 1 aromatic carbocycles. The van der Waals surface area contributed by atoms with Crippen LogP contribution in [0.15, 0.2) is 33.7 Å². The topological polar surface area (TPSA) is 123 Å². The number of aryl methyl sites for hydroxylation is 1. The van der Waals surface area contributed by atoms with Gasteiger partial charge in [0.15, 0.2) is 12.4 Å². The van der Waals surface area contributed by atoms with E-state index in [1.807, 2.05) is 6.92 Å². The summed E-state index contributed by atoms with van der Waals surface area (Å²) in [6.45, 7) is 3.50. The Morgan fingerprint density at radius 2 is 2.04 bits per heavy atom. The Morgan fingerprint density at radius 1 is 1.26 bits per heavy atom. The van der Waals surface area contributed by atoms with E-state index in [-0.39, 0.29) is 0 Å². The maximum absolute atomic E-state index is 12.3. The van der Waals surface area contributed by atoms with Crippen LogP contribution in [0.5, 0.6) is 0 Å². The first-order valence-corrected chi connectivity index (χ1v) is 9.24. The standard InChI is InChI=1S/C17H20N4O5S/c1-3-8-18-17(24)20-14(22)9-25-16(23)12-6-4-5-7-13(12)27-10-15-19-11(2)21-26-15/h4-7H,3,8-10H2,1-2H3,(H2,18,20,22,24). The predicted octanol–water partition coefficient (Wildman–Crippen LogP) is 2.06. The zero-order valence-corrected chi connectivity index (χ0v) is 15.8. The Labute approximate surface area is 160 Å². The number of hydrogen-bond acceptors (Lipinski definition) is 8. The van der Waals surface area contributed by atoms with E-state index < -0.39 is 24.5 Å². The maximum Gasteiger partial charge on any atom is 0.339 e. The molecule has 0 saturated heterocycles. The molecule has 9 nitrogen and oxygen atoms in total. The number of imide groups is 1. The van der Waals surface area contributed by atoms with Crippen molar-refractivity contribution in [2.45, 2.75) is 30.9 Å². The van der Waals surface area contributed by atoms with Crippen LogP contribution >= 0.6 is 11.8 Å². The number of ether oxygens (including phenoxy) is 1. The van der Waals surface area contributed by atoms with Crippen molar-refractivity contribution < 1.29 is 23.6 Å². The number of esters is 1. The van der Waals surface area contributed by atoms with Crippen LogP contribution in [-0.4, -0.2) is 41.2 Å². The molecule has 0 unspecified atom stereocenters. The van der Waals surface area contributed by atoms with E-state index in [1.54, 1.807) is 31.2 Å². The highest BCUT2D eigenvalue weighted by Crippen LogP contribution is 2.26. The van der Waals surface area contributed by atoms with Gasteiger partial charge in [0.05, 0.1) is 11.3 Å². The molecule has 1 heterocycles. The lowest BCUT2D eigenvalue weighted by molar-refractivity contribution is -0.123. The molecular weight excluding hydrogens is 372 g/mol. The van der Waals surface area contributed by atoms with Crippen molar-refractivity contribution in [3.8, 4) is 0 Å². The van der Waals surface area contributed by atoms with Gasteiger partial charge in [0.25, 0.3) is 5.91 Å². The van der Waals surface area contributed by atoms with E-state index in [0.717, 1.165) is 6.42 Å². The molecule has 0 aliphatic heterocycles. The summed E-state index contributed by atoms with van der Waals surface area (Å²) in [4.78, 5) is 40.1. The van der Waals surface area contributed by atoms with Gasteiger partial charge in [-0.05, 0) is 25.5 Å². The fourth-order valence-corrected chi connectivity index (χ4v) is 2.83. The summed E-state index contributed by atoms with van der Waals surface area (Å²) in [6, 6.07) is 6.19. The minimum atomic E-state index is -0.705. The number of carbonyl (C=O) groups is 3. The molecule has 0 spiro atoms. The Kier molecular flexibility index (Phi) is 7.80. The Morgan fingerprint density at radius 3 is 2.74 bits per heavy atom. The third-order valence-corrected chi connectivity index (χ3v) is 4.21. The van der Waals surface area contributed by atoms with E-state index in [2.05, 4.69) is 20.8 Å². The smallest absolute Gasteiger partial charge is 0.339 e. The zero-order chi connectivity index (χ0) is 19.6. The first kappa shape index (κ1) is 20.4. The largest absolute Gasteiger partial charge is 0.452 e. The number of rotatable bonds is 8. The summed E-state index contributed by atoms with van der Waals surface area (Å²) in [5, 5.41) is 8.29. The van der Waals surface area contributed by atoms with Crippen LogP contribution in [0.3, 0.4) is 0 Å². The lowest BCUT2D eigenvalue weighted by Gasteiger charge is -2.09. The highest BCUT2D eigenvalue weighted by Gasteiger charge is 2.16. The number of thioether (sulfide) groups is 1. The average molecular weight is 392 g/mol. The van der Waals surface area contributed by atoms with Gasteiger partial charge in [0.2, 0.25) is 5.89 Å². The van der Waals surface area contributed by atoms with Crippen LogP contribution < -0.4 is 10.6 Å². The third kappa shape index (κ3) is 6.74. The van der Waals surface area contributed by atoms with Gasteiger partial charge in [-0.15, -0.1) is 11.8 Å². The first-order valence-electron chi connectivity index (χ1n) is 8.25. The highest BCUT2D eigenvalue weighted by atomic mass is 32.2. The van der Waals surface area contributed by atoms with E-state index in [1.165, 1.54) is 11.8 Å². The zero-order valence-electron chi connectivity index (χ0n) is 15.0. The fraction of sp³-hybridized carbons (Fsp3) is 0.353. The number of carbonyl (C=O) groups excluding carboxylic acids is 3. The molecule has 2 aromatic rings. The average Bonchev–Trinajstić information content (AvgIpc) is 3.08. The molecule has 0 atom stereocenters. The minimum Gasteiger partial charge on any atom is -0.452 e. The number of urea groups is 1. The third-order valence-electron chi connectivity index (χ3n) is 3.15. The van der Waals surface area contributed by atoms with Gasteiger partial charge in [-0.2, -0.15) is 4.98 Å². The van der Waals surface area contributed by atoms with Gasteiger partial charge in [0.1, 0.15) is 0 Å². The summed E-state index contributed by atoms with van der Waals surface area (Å²) in [5.74, 6) is 0.00113. The van der Waals surface area contributed by atoms with Gasteiger partial charge in [-0.1, -0.05) is 24.2 Å². The predicted molar refractivity (Wildman–Crippen MR) is 97.2 cm³/mol. The van der Waals surface area contributed by atoms with Crippen LogP contribution in [0, 0.1) is 6.92 Å². The molecule has 0 radical (unpaired) electrons. The number of nitrogens with zero attached hydrogens (tertiary/aromatic N) is 2. The highest BCUT2D eigenvalue weighted by molar-refractivity contribution is 7.98. The molecule has 0 fully saturated rings. The molecule has 0 aliphatic rings. The summed E-state index contributed by atoms with van der Waals surface area (Å²) < 4.78 is 10.0. The van der Waals surface area contributed by atoms with Gasteiger partial charge in [-0.3, -0.25) is 10.1 Å². The Hall–Kier alpha value is -2.88. The maximum atomic E-state index is 12.3. The number of nitrogens with one attached hydrogen (secondary N) is 2. The molecule has 1 aromatic heterocycles. The second kappa shape index (κ2) is 10.3. The van der Waals surface area contributed by atoms with Gasteiger partial charge in [-0.25, -0.2) is 9.59 Å².